The Morgan fingerprint density at radius 3 is 3.30 bits per heavy atom. The van der Waals surface area contributed by atoms with Crippen LogP contribution in [0.1, 0.15) is 5.56 Å². The van der Waals surface area contributed by atoms with Crippen LogP contribution in [0.25, 0.3) is 0 Å². The molecule has 2 nitrogen and oxygen atoms in total. The summed E-state index contributed by atoms with van der Waals surface area (Å²) in [6.45, 7) is 3.91. The third-order valence-corrected chi connectivity index (χ3v) is 1.71. The van der Waals surface area contributed by atoms with Crippen molar-refractivity contribution in [2.75, 3.05) is 6.61 Å². The lowest BCUT2D eigenvalue weighted by molar-refractivity contribution is -0.679. The van der Waals surface area contributed by atoms with E-state index >= 15 is 0 Å². The first kappa shape index (κ1) is 5.71. The minimum absolute atomic E-state index is 0.823. The molecule has 2 heteroatoms. The van der Waals surface area contributed by atoms with Gasteiger partial charge in [-0.3, -0.25) is 0 Å². The average molecular weight is 136 g/mol. The molecule has 0 aromatic carbocycles. The molecule has 1 aliphatic heterocycles. The zero-order valence-corrected chi connectivity index (χ0v) is 6.00. The molecule has 1 aromatic rings. The van der Waals surface area contributed by atoms with Crippen LogP contribution in [-0.2, 0) is 6.54 Å². The smallest absolute Gasteiger partial charge is 0.368 e. The molecule has 0 spiro atoms. The molecule has 1 aromatic heterocycles. The number of fused-ring (bicyclic) bond motifs is 1. The lowest BCUT2D eigenvalue weighted by atomic mass is 10.3. The number of hydrogen-bond donors (Lipinski definition) is 0. The van der Waals surface area contributed by atoms with Gasteiger partial charge in [-0.1, -0.05) is 0 Å². The molecule has 0 bridgehead atoms. The predicted octanol–water partition coefficient (Wildman–Crippen LogP) is 0.675. The Balaban J connectivity index is 2.52. The summed E-state index contributed by atoms with van der Waals surface area (Å²) in [5, 5.41) is 0. The van der Waals surface area contributed by atoms with Gasteiger partial charge in [0.2, 0.25) is 0 Å². The molecular formula is C8H10NO+. The van der Waals surface area contributed by atoms with Crippen LogP contribution in [0.4, 0.5) is 0 Å². The molecular weight excluding hydrogens is 126 g/mol. The maximum Gasteiger partial charge on any atom is 0.368 e. The van der Waals surface area contributed by atoms with E-state index < -0.39 is 0 Å². The molecule has 0 saturated carbocycles. The predicted molar refractivity (Wildman–Crippen MR) is 36.9 cm³/mol. The summed E-state index contributed by atoms with van der Waals surface area (Å²) >= 11 is 0. The molecule has 0 radical (unpaired) electrons. The van der Waals surface area contributed by atoms with E-state index in [2.05, 4.69) is 23.8 Å². The third-order valence-electron chi connectivity index (χ3n) is 1.71. The number of rotatable bonds is 0. The maximum atomic E-state index is 5.32. The standard InChI is InChI=1S/C8H10NO/c1-7-2-3-8-9(6-7)4-5-10-8/h2-3,6H,4-5H2,1H3/q+1. The van der Waals surface area contributed by atoms with Crippen LogP contribution in [-0.4, -0.2) is 6.61 Å². The van der Waals surface area contributed by atoms with Gasteiger partial charge in [0.1, 0.15) is 0 Å². The maximum absolute atomic E-state index is 5.32. The fraction of sp³-hybridized carbons (Fsp3) is 0.375. The molecule has 52 valence electrons. The Hall–Kier alpha value is -1.05. The van der Waals surface area contributed by atoms with Gasteiger partial charge in [-0.05, 0) is 13.0 Å². The normalized spacial score (nSPS) is 14.5. The molecule has 0 amide bonds. The molecule has 0 atom stereocenters. The monoisotopic (exact) mass is 136 g/mol. The number of aryl methyl sites for hydroxylation is 1. The molecule has 0 N–H and O–H groups in total. The Labute approximate surface area is 60.1 Å². The molecule has 0 fully saturated rings. The van der Waals surface area contributed by atoms with E-state index in [0.29, 0.717) is 0 Å². The second kappa shape index (κ2) is 1.97. The van der Waals surface area contributed by atoms with Crippen molar-refractivity contribution in [1.82, 2.24) is 0 Å². The lowest BCUT2D eigenvalue weighted by Crippen LogP contribution is -2.29. The van der Waals surface area contributed by atoms with Gasteiger partial charge in [0.05, 0.1) is 6.07 Å². The van der Waals surface area contributed by atoms with Gasteiger partial charge in [-0.15, -0.1) is 0 Å². The van der Waals surface area contributed by atoms with Gasteiger partial charge in [0.25, 0.3) is 0 Å². The van der Waals surface area contributed by atoms with Crippen LogP contribution in [0, 0.1) is 6.92 Å². The summed E-state index contributed by atoms with van der Waals surface area (Å²) < 4.78 is 7.45. The van der Waals surface area contributed by atoms with E-state index in [-0.39, 0.29) is 0 Å². The summed E-state index contributed by atoms with van der Waals surface area (Å²) in [4.78, 5) is 0. The summed E-state index contributed by atoms with van der Waals surface area (Å²) in [5.74, 6) is 0.991. The second-order valence-electron chi connectivity index (χ2n) is 2.59. The fourth-order valence-corrected chi connectivity index (χ4v) is 1.21. The van der Waals surface area contributed by atoms with Crippen molar-refractivity contribution in [2.24, 2.45) is 0 Å². The van der Waals surface area contributed by atoms with E-state index in [9.17, 15) is 0 Å². The molecule has 2 rings (SSSR count). The summed E-state index contributed by atoms with van der Waals surface area (Å²) in [7, 11) is 0. The Morgan fingerprint density at radius 1 is 1.50 bits per heavy atom. The highest BCUT2D eigenvalue weighted by Crippen LogP contribution is 2.08. The second-order valence-corrected chi connectivity index (χ2v) is 2.59. The van der Waals surface area contributed by atoms with Gasteiger partial charge in [0.15, 0.2) is 19.3 Å². The highest BCUT2D eigenvalue weighted by molar-refractivity contribution is 5.11. The van der Waals surface area contributed by atoms with E-state index in [1.54, 1.807) is 0 Å². The minimum atomic E-state index is 0.823. The van der Waals surface area contributed by atoms with Crippen LogP contribution in [0.15, 0.2) is 18.3 Å². The molecule has 0 saturated heterocycles. The van der Waals surface area contributed by atoms with Crippen LogP contribution in [0.2, 0.25) is 0 Å². The largest absolute Gasteiger partial charge is 0.438 e. The Bertz CT molecular complexity index is 257. The van der Waals surface area contributed by atoms with Crippen LogP contribution in [0.3, 0.4) is 0 Å². The van der Waals surface area contributed by atoms with Crippen molar-refractivity contribution in [1.29, 1.82) is 0 Å². The zero-order chi connectivity index (χ0) is 6.97. The average Bonchev–Trinajstić information content (AvgIpc) is 2.33. The molecule has 0 aliphatic carbocycles. The van der Waals surface area contributed by atoms with Crippen LogP contribution in [0.5, 0.6) is 5.88 Å². The zero-order valence-electron chi connectivity index (χ0n) is 6.00. The first-order chi connectivity index (χ1) is 4.86. The van der Waals surface area contributed by atoms with Crippen molar-refractivity contribution in [3.8, 4) is 5.88 Å². The van der Waals surface area contributed by atoms with E-state index in [1.165, 1.54) is 5.56 Å². The van der Waals surface area contributed by atoms with Crippen LogP contribution < -0.4 is 9.30 Å². The fourth-order valence-electron chi connectivity index (χ4n) is 1.21. The summed E-state index contributed by atoms with van der Waals surface area (Å²) in [6.07, 6.45) is 2.11. The van der Waals surface area contributed by atoms with E-state index in [4.69, 9.17) is 4.74 Å². The van der Waals surface area contributed by atoms with Crippen molar-refractivity contribution in [3.63, 3.8) is 0 Å². The van der Waals surface area contributed by atoms with Crippen molar-refractivity contribution in [3.05, 3.63) is 23.9 Å². The Kier molecular flexibility index (Phi) is 1.13. The number of aromatic nitrogens is 1. The SMILES string of the molecule is Cc1ccc2[n+](c1)CCO2. The topological polar surface area (TPSA) is 13.1 Å². The third kappa shape index (κ3) is 0.764. The van der Waals surface area contributed by atoms with Gasteiger partial charge < -0.3 is 4.74 Å². The lowest BCUT2D eigenvalue weighted by Gasteiger charge is -1.90. The van der Waals surface area contributed by atoms with Crippen molar-refractivity contribution >= 4 is 0 Å². The quantitative estimate of drug-likeness (QED) is 0.478. The molecule has 2 heterocycles. The minimum Gasteiger partial charge on any atom is -0.438 e. The van der Waals surface area contributed by atoms with Crippen molar-refractivity contribution in [2.45, 2.75) is 13.5 Å². The van der Waals surface area contributed by atoms with Crippen LogP contribution >= 0.6 is 0 Å². The van der Waals surface area contributed by atoms with Crippen molar-refractivity contribution < 1.29 is 9.30 Å². The van der Waals surface area contributed by atoms with E-state index in [1.807, 2.05) is 6.07 Å². The molecule has 1 aliphatic rings. The van der Waals surface area contributed by atoms with Gasteiger partial charge in [-0.2, -0.15) is 4.57 Å². The number of pyridine rings is 1. The van der Waals surface area contributed by atoms with Gasteiger partial charge in [0, 0.05) is 5.56 Å². The number of nitrogens with zero attached hydrogens (tertiary/aromatic N) is 1. The first-order valence-corrected chi connectivity index (χ1v) is 3.49. The summed E-state index contributed by atoms with van der Waals surface area (Å²) in [5.41, 5.74) is 1.29. The van der Waals surface area contributed by atoms with Gasteiger partial charge in [-0.25, -0.2) is 0 Å². The first-order valence-electron chi connectivity index (χ1n) is 3.49. The number of ether oxygens (including phenoxy) is 1. The van der Waals surface area contributed by atoms with E-state index in [0.717, 1.165) is 19.0 Å². The molecule has 10 heavy (non-hydrogen) atoms. The molecule has 0 unspecified atom stereocenters. The Morgan fingerprint density at radius 2 is 2.40 bits per heavy atom. The number of hydrogen-bond acceptors (Lipinski definition) is 1. The highest BCUT2D eigenvalue weighted by Gasteiger charge is 2.18. The summed E-state index contributed by atoms with van der Waals surface area (Å²) in [6, 6.07) is 4.08. The van der Waals surface area contributed by atoms with Gasteiger partial charge >= 0.3 is 5.88 Å². The highest BCUT2D eigenvalue weighted by atomic mass is 16.5.